The number of rotatable bonds is 4. The molecule has 0 bridgehead atoms. The van der Waals surface area contributed by atoms with Crippen molar-refractivity contribution in [2.45, 2.75) is 20.3 Å². The van der Waals surface area contributed by atoms with E-state index < -0.39 is 6.09 Å². The first-order valence-electron chi connectivity index (χ1n) is 5.15. The SMILES string of the molecule is COc1cc(C)cc(C)c1CCNC(=O)O. The number of methoxy groups -OCH3 is 1. The Morgan fingerprint density at radius 3 is 2.69 bits per heavy atom. The standard InChI is InChI=1S/C12H17NO3/c1-8-6-9(2)10(11(7-8)16-3)4-5-13-12(14)15/h6-7,13H,4-5H2,1-3H3,(H,14,15). The number of amides is 1. The molecular formula is C12H17NO3. The van der Waals surface area contributed by atoms with E-state index in [-0.39, 0.29) is 0 Å². The summed E-state index contributed by atoms with van der Waals surface area (Å²) in [6.45, 7) is 4.41. The van der Waals surface area contributed by atoms with Gasteiger partial charge in [-0.15, -0.1) is 0 Å². The second kappa shape index (κ2) is 5.39. The van der Waals surface area contributed by atoms with Gasteiger partial charge in [0.1, 0.15) is 5.75 Å². The molecule has 0 aliphatic heterocycles. The summed E-state index contributed by atoms with van der Waals surface area (Å²) in [6.07, 6.45) is -0.356. The Balaban J connectivity index is 2.81. The van der Waals surface area contributed by atoms with Gasteiger partial charge in [-0.2, -0.15) is 0 Å². The fourth-order valence-electron chi connectivity index (χ4n) is 1.76. The molecule has 0 saturated carbocycles. The number of carbonyl (C=O) groups is 1. The molecule has 1 amide bonds. The Bertz CT molecular complexity index is 388. The molecule has 4 nitrogen and oxygen atoms in total. The molecule has 0 aliphatic rings. The maximum absolute atomic E-state index is 10.3. The summed E-state index contributed by atoms with van der Waals surface area (Å²) >= 11 is 0. The number of hydrogen-bond acceptors (Lipinski definition) is 2. The van der Waals surface area contributed by atoms with Crippen LogP contribution in [0.4, 0.5) is 4.79 Å². The van der Waals surface area contributed by atoms with Gasteiger partial charge in [0, 0.05) is 6.54 Å². The van der Waals surface area contributed by atoms with Crippen molar-refractivity contribution >= 4 is 6.09 Å². The topological polar surface area (TPSA) is 58.6 Å². The van der Waals surface area contributed by atoms with Gasteiger partial charge in [0.15, 0.2) is 0 Å². The van der Waals surface area contributed by atoms with Crippen molar-refractivity contribution in [2.75, 3.05) is 13.7 Å². The molecule has 0 radical (unpaired) electrons. The molecular weight excluding hydrogens is 206 g/mol. The van der Waals surface area contributed by atoms with Crippen molar-refractivity contribution in [1.29, 1.82) is 0 Å². The van der Waals surface area contributed by atoms with Crippen LogP contribution < -0.4 is 10.1 Å². The van der Waals surface area contributed by atoms with Crippen LogP contribution in [0.1, 0.15) is 16.7 Å². The van der Waals surface area contributed by atoms with Crippen LogP contribution >= 0.6 is 0 Å². The van der Waals surface area contributed by atoms with E-state index in [0.29, 0.717) is 13.0 Å². The van der Waals surface area contributed by atoms with Gasteiger partial charge in [0.05, 0.1) is 7.11 Å². The van der Waals surface area contributed by atoms with E-state index in [1.165, 1.54) is 0 Å². The fourth-order valence-corrected chi connectivity index (χ4v) is 1.76. The highest BCUT2D eigenvalue weighted by Gasteiger charge is 2.07. The summed E-state index contributed by atoms with van der Waals surface area (Å²) in [5, 5.41) is 10.8. The van der Waals surface area contributed by atoms with E-state index in [9.17, 15) is 4.79 Å². The number of aryl methyl sites for hydroxylation is 2. The Morgan fingerprint density at radius 1 is 1.44 bits per heavy atom. The van der Waals surface area contributed by atoms with Crippen LogP contribution in [-0.2, 0) is 6.42 Å². The Kier molecular flexibility index (Phi) is 4.17. The summed E-state index contributed by atoms with van der Waals surface area (Å²) in [4.78, 5) is 10.3. The maximum atomic E-state index is 10.3. The first kappa shape index (κ1) is 12.4. The predicted molar refractivity (Wildman–Crippen MR) is 62.2 cm³/mol. The molecule has 2 N–H and O–H groups in total. The van der Waals surface area contributed by atoms with E-state index in [1.807, 2.05) is 19.9 Å². The molecule has 4 heteroatoms. The van der Waals surface area contributed by atoms with Gasteiger partial charge >= 0.3 is 6.09 Å². The van der Waals surface area contributed by atoms with Gasteiger partial charge in [0.2, 0.25) is 0 Å². The lowest BCUT2D eigenvalue weighted by atomic mass is 10.0. The Hall–Kier alpha value is -1.71. The van der Waals surface area contributed by atoms with Gasteiger partial charge in [-0.3, -0.25) is 0 Å². The maximum Gasteiger partial charge on any atom is 0.404 e. The minimum Gasteiger partial charge on any atom is -0.496 e. The first-order valence-corrected chi connectivity index (χ1v) is 5.15. The van der Waals surface area contributed by atoms with Gasteiger partial charge in [-0.25, -0.2) is 4.79 Å². The minimum atomic E-state index is -0.997. The van der Waals surface area contributed by atoms with Crippen LogP contribution in [0.3, 0.4) is 0 Å². The molecule has 0 aliphatic carbocycles. The number of carboxylic acid groups (broad SMARTS) is 1. The summed E-state index contributed by atoms with van der Waals surface area (Å²) < 4.78 is 5.29. The van der Waals surface area contributed by atoms with E-state index in [2.05, 4.69) is 11.4 Å². The van der Waals surface area contributed by atoms with E-state index in [0.717, 1.165) is 22.4 Å². The number of benzene rings is 1. The zero-order valence-corrected chi connectivity index (χ0v) is 9.83. The lowest BCUT2D eigenvalue weighted by Gasteiger charge is -2.12. The van der Waals surface area contributed by atoms with Crippen molar-refractivity contribution in [3.8, 4) is 5.75 Å². The Labute approximate surface area is 95.2 Å². The van der Waals surface area contributed by atoms with Gasteiger partial charge in [-0.05, 0) is 43.0 Å². The molecule has 0 fully saturated rings. The molecule has 1 aromatic rings. The van der Waals surface area contributed by atoms with E-state index >= 15 is 0 Å². The van der Waals surface area contributed by atoms with Gasteiger partial charge in [-0.1, -0.05) is 6.07 Å². The summed E-state index contributed by atoms with van der Waals surface area (Å²) in [5.74, 6) is 0.824. The predicted octanol–water partition coefficient (Wildman–Crippen LogP) is 2.12. The second-order valence-corrected chi connectivity index (χ2v) is 3.74. The van der Waals surface area contributed by atoms with Crippen molar-refractivity contribution in [3.63, 3.8) is 0 Å². The first-order chi connectivity index (χ1) is 7.54. The third-order valence-electron chi connectivity index (χ3n) is 2.45. The summed E-state index contributed by atoms with van der Waals surface area (Å²) in [5.41, 5.74) is 3.33. The van der Waals surface area contributed by atoms with E-state index in [1.54, 1.807) is 7.11 Å². The highest BCUT2D eigenvalue weighted by molar-refractivity contribution is 5.64. The molecule has 88 valence electrons. The molecule has 0 saturated heterocycles. The lowest BCUT2D eigenvalue weighted by Crippen LogP contribution is -2.23. The van der Waals surface area contributed by atoms with Crippen molar-refractivity contribution < 1.29 is 14.6 Å². The van der Waals surface area contributed by atoms with Crippen molar-refractivity contribution in [2.24, 2.45) is 0 Å². The van der Waals surface area contributed by atoms with Crippen LogP contribution in [0.2, 0.25) is 0 Å². The molecule has 16 heavy (non-hydrogen) atoms. The van der Waals surface area contributed by atoms with Crippen molar-refractivity contribution in [3.05, 3.63) is 28.8 Å². The molecule has 1 aromatic carbocycles. The van der Waals surface area contributed by atoms with Crippen LogP contribution in [0, 0.1) is 13.8 Å². The molecule has 1 rings (SSSR count). The highest BCUT2D eigenvalue weighted by atomic mass is 16.5. The second-order valence-electron chi connectivity index (χ2n) is 3.74. The smallest absolute Gasteiger partial charge is 0.404 e. The third kappa shape index (κ3) is 3.15. The highest BCUT2D eigenvalue weighted by Crippen LogP contribution is 2.24. The molecule has 0 spiro atoms. The normalized spacial score (nSPS) is 9.94. The monoisotopic (exact) mass is 223 g/mol. The third-order valence-corrected chi connectivity index (χ3v) is 2.45. The largest absolute Gasteiger partial charge is 0.496 e. The average Bonchev–Trinajstić information content (AvgIpc) is 2.20. The zero-order chi connectivity index (χ0) is 12.1. The minimum absolute atomic E-state index is 0.398. The quantitative estimate of drug-likeness (QED) is 0.822. The fraction of sp³-hybridized carbons (Fsp3) is 0.417. The number of hydrogen-bond donors (Lipinski definition) is 2. The van der Waals surface area contributed by atoms with Crippen LogP contribution in [-0.4, -0.2) is 24.9 Å². The summed E-state index contributed by atoms with van der Waals surface area (Å²) in [7, 11) is 1.63. The number of nitrogens with one attached hydrogen (secondary N) is 1. The lowest BCUT2D eigenvalue weighted by molar-refractivity contribution is 0.194. The average molecular weight is 223 g/mol. The van der Waals surface area contributed by atoms with Gasteiger partial charge in [0.25, 0.3) is 0 Å². The van der Waals surface area contributed by atoms with E-state index in [4.69, 9.17) is 9.84 Å². The Morgan fingerprint density at radius 2 is 2.12 bits per heavy atom. The van der Waals surface area contributed by atoms with Crippen molar-refractivity contribution in [1.82, 2.24) is 5.32 Å². The zero-order valence-electron chi connectivity index (χ0n) is 9.83. The van der Waals surface area contributed by atoms with Gasteiger partial charge < -0.3 is 15.2 Å². The molecule has 0 aromatic heterocycles. The van der Waals surface area contributed by atoms with Crippen LogP contribution in [0.25, 0.3) is 0 Å². The van der Waals surface area contributed by atoms with Crippen LogP contribution in [0.15, 0.2) is 12.1 Å². The molecule has 0 heterocycles. The summed E-state index contributed by atoms with van der Waals surface area (Å²) in [6, 6.07) is 4.03. The number of ether oxygens (including phenoxy) is 1. The van der Waals surface area contributed by atoms with Crippen LogP contribution in [0.5, 0.6) is 5.75 Å². The molecule has 0 unspecified atom stereocenters. The molecule has 0 atom stereocenters.